The zero-order valence-electron chi connectivity index (χ0n) is 11.7. The van der Waals surface area contributed by atoms with Crippen molar-refractivity contribution < 1.29 is 4.79 Å². The van der Waals surface area contributed by atoms with Gasteiger partial charge in [-0.05, 0) is 48.4 Å². The molecule has 2 heteroatoms. The highest BCUT2D eigenvalue weighted by molar-refractivity contribution is 5.83. The molecule has 0 aromatic heterocycles. The molecule has 1 aromatic carbocycles. The Morgan fingerprint density at radius 1 is 1.18 bits per heavy atom. The molecule has 0 saturated heterocycles. The zero-order chi connectivity index (χ0) is 13.4. The molecule has 1 unspecified atom stereocenters. The number of benzene rings is 1. The van der Waals surface area contributed by atoms with Crippen LogP contribution in [-0.4, -0.2) is 5.78 Å². The molecule has 17 heavy (non-hydrogen) atoms. The molecular weight excluding hydrogens is 210 g/mol. The predicted molar refractivity (Wildman–Crippen MR) is 72.2 cm³/mol. The van der Waals surface area contributed by atoms with Crippen molar-refractivity contribution in [2.75, 3.05) is 0 Å². The predicted octanol–water partition coefficient (Wildman–Crippen LogP) is 3.19. The lowest BCUT2D eigenvalue weighted by Crippen LogP contribution is -2.22. The Hall–Kier alpha value is -1.15. The molecule has 0 spiro atoms. The quantitative estimate of drug-likeness (QED) is 0.852. The second kappa shape index (κ2) is 4.61. The third-order valence-electron chi connectivity index (χ3n) is 3.21. The largest absolute Gasteiger partial charge is 0.318 e. The third kappa shape index (κ3) is 2.95. The van der Waals surface area contributed by atoms with E-state index in [2.05, 4.69) is 32.9 Å². The van der Waals surface area contributed by atoms with Gasteiger partial charge in [0.25, 0.3) is 0 Å². The smallest absolute Gasteiger partial charge is 0.151 e. The third-order valence-corrected chi connectivity index (χ3v) is 3.21. The van der Waals surface area contributed by atoms with Crippen molar-refractivity contribution in [3.63, 3.8) is 0 Å². The highest BCUT2D eigenvalue weighted by Gasteiger charge is 2.20. The molecule has 0 heterocycles. The summed E-state index contributed by atoms with van der Waals surface area (Å²) in [7, 11) is 0. The van der Waals surface area contributed by atoms with E-state index in [0.29, 0.717) is 0 Å². The van der Waals surface area contributed by atoms with Crippen LogP contribution in [0.1, 0.15) is 56.0 Å². The Morgan fingerprint density at radius 2 is 1.59 bits per heavy atom. The van der Waals surface area contributed by atoms with Crippen LogP contribution in [0, 0.1) is 13.8 Å². The molecule has 0 aliphatic heterocycles. The molecule has 1 rings (SSSR count). The first-order chi connectivity index (χ1) is 7.64. The van der Waals surface area contributed by atoms with Crippen molar-refractivity contribution in [1.82, 2.24) is 0 Å². The molecule has 1 atom stereocenters. The van der Waals surface area contributed by atoms with Crippen LogP contribution in [0.15, 0.2) is 12.1 Å². The van der Waals surface area contributed by atoms with E-state index in [9.17, 15) is 4.79 Å². The van der Waals surface area contributed by atoms with Crippen molar-refractivity contribution in [3.8, 4) is 0 Å². The number of carbonyl (C=O) groups excluding carboxylic acids is 1. The molecule has 0 aliphatic carbocycles. The normalized spacial score (nSPS) is 13.6. The maximum Gasteiger partial charge on any atom is 0.151 e. The summed E-state index contributed by atoms with van der Waals surface area (Å²) >= 11 is 0. The van der Waals surface area contributed by atoms with Gasteiger partial charge in [0.15, 0.2) is 5.78 Å². The topological polar surface area (TPSA) is 43.1 Å². The molecule has 0 radical (unpaired) electrons. The number of carbonyl (C=O) groups is 1. The van der Waals surface area contributed by atoms with E-state index < -0.39 is 6.04 Å². The first kappa shape index (κ1) is 13.9. The van der Waals surface area contributed by atoms with Crippen LogP contribution in [0.5, 0.6) is 0 Å². The molecule has 2 N–H and O–H groups in total. The number of nitrogens with two attached hydrogens (primary N) is 1. The minimum Gasteiger partial charge on any atom is -0.318 e. The molecule has 0 fully saturated rings. The summed E-state index contributed by atoms with van der Waals surface area (Å²) < 4.78 is 0. The highest BCUT2D eigenvalue weighted by atomic mass is 16.1. The van der Waals surface area contributed by atoms with E-state index >= 15 is 0 Å². The Morgan fingerprint density at radius 3 is 1.88 bits per heavy atom. The minimum atomic E-state index is -0.496. The molecule has 94 valence electrons. The van der Waals surface area contributed by atoms with Crippen molar-refractivity contribution in [1.29, 1.82) is 0 Å². The van der Waals surface area contributed by atoms with Crippen LogP contribution in [0.25, 0.3) is 0 Å². The maximum absolute atomic E-state index is 11.4. The van der Waals surface area contributed by atoms with Gasteiger partial charge < -0.3 is 5.73 Å². The summed E-state index contributed by atoms with van der Waals surface area (Å²) in [5, 5.41) is 0. The molecular formula is C15H23NO. The molecule has 0 aliphatic rings. The highest BCUT2D eigenvalue weighted by Crippen LogP contribution is 2.29. The summed E-state index contributed by atoms with van der Waals surface area (Å²) in [6.45, 7) is 12.2. The van der Waals surface area contributed by atoms with Gasteiger partial charge in [-0.1, -0.05) is 32.9 Å². The molecule has 0 bridgehead atoms. The molecule has 0 saturated carbocycles. The van der Waals surface area contributed by atoms with Crippen LogP contribution >= 0.6 is 0 Å². The number of aryl methyl sites for hydroxylation is 2. The fraction of sp³-hybridized carbons (Fsp3) is 0.533. The Balaban J connectivity index is 3.34. The lowest BCUT2D eigenvalue weighted by molar-refractivity contribution is -0.118. The molecule has 2 nitrogen and oxygen atoms in total. The summed E-state index contributed by atoms with van der Waals surface area (Å²) in [4.78, 5) is 11.4. The van der Waals surface area contributed by atoms with Crippen LogP contribution < -0.4 is 5.73 Å². The fourth-order valence-corrected chi connectivity index (χ4v) is 2.10. The summed E-state index contributed by atoms with van der Waals surface area (Å²) in [5.74, 6) is 0.0136. The van der Waals surface area contributed by atoms with Gasteiger partial charge in [0.1, 0.15) is 0 Å². The van der Waals surface area contributed by atoms with Gasteiger partial charge in [0, 0.05) is 0 Å². The van der Waals surface area contributed by atoms with Crippen LogP contribution in [-0.2, 0) is 10.2 Å². The average Bonchev–Trinajstić information content (AvgIpc) is 2.14. The fourth-order valence-electron chi connectivity index (χ4n) is 2.10. The number of hydrogen-bond donors (Lipinski definition) is 1. The Labute approximate surface area is 104 Å². The van der Waals surface area contributed by atoms with E-state index in [4.69, 9.17) is 5.73 Å². The van der Waals surface area contributed by atoms with Gasteiger partial charge in [0.2, 0.25) is 0 Å². The summed E-state index contributed by atoms with van der Waals surface area (Å²) in [6.07, 6.45) is 0. The average molecular weight is 233 g/mol. The standard InChI is InChI=1S/C15H23NO/c1-9-7-12(15(4,5)6)8-10(2)13(9)14(16)11(3)17/h7-8,14H,16H2,1-6H3. The van der Waals surface area contributed by atoms with E-state index in [-0.39, 0.29) is 11.2 Å². The lowest BCUT2D eigenvalue weighted by Gasteiger charge is -2.23. The van der Waals surface area contributed by atoms with Crippen molar-refractivity contribution in [2.24, 2.45) is 5.73 Å². The van der Waals surface area contributed by atoms with Gasteiger partial charge in [-0.3, -0.25) is 4.79 Å². The van der Waals surface area contributed by atoms with Crippen LogP contribution in [0.2, 0.25) is 0 Å². The van der Waals surface area contributed by atoms with Gasteiger partial charge in [0.05, 0.1) is 6.04 Å². The van der Waals surface area contributed by atoms with Gasteiger partial charge >= 0.3 is 0 Å². The van der Waals surface area contributed by atoms with E-state index in [1.807, 2.05) is 13.8 Å². The Kier molecular flexibility index (Phi) is 3.78. The minimum absolute atomic E-state index is 0.0136. The zero-order valence-corrected chi connectivity index (χ0v) is 11.7. The van der Waals surface area contributed by atoms with Crippen LogP contribution in [0.4, 0.5) is 0 Å². The van der Waals surface area contributed by atoms with E-state index in [0.717, 1.165) is 16.7 Å². The van der Waals surface area contributed by atoms with Crippen molar-refractivity contribution in [2.45, 2.75) is 53.0 Å². The summed E-state index contributed by atoms with van der Waals surface area (Å²) in [6, 6.07) is 3.79. The second-order valence-electron chi connectivity index (χ2n) is 5.86. The maximum atomic E-state index is 11.4. The number of ketones is 1. The SMILES string of the molecule is CC(=O)C(N)c1c(C)cc(C(C)(C)C)cc1C. The monoisotopic (exact) mass is 233 g/mol. The summed E-state index contributed by atoms with van der Waals surface area (Å²) in [5.41, 5.74) is 10.5. The lowest BCUT2D eigenvalue weighted by atomic mass is 9.82. The van der Waals surface area contributed by atoms with Crippen molar-refractivity contribution >= 4 is 5.78 Å². The van der Waals surface area contributed by atoms with Crippen molar-refractivity contribution in [3.05, 3.63) is 34.4 Å². The first-order valence-electron chi connectivity index (χ1n) is 6.02. The molecule has 0 amide bonds. The number of hydrogen-bond acceptors (Lipinski definition) is 2. The van der Waals surface area contributed by atoms with E-state index in [1.54, 1.807) is 6.92 Å². The Bertz CT molecular complexity index is 418. The van der Waals surface area contributed by atoms with Gasteiger partial charge in [-0.2, -0.15) is 0 Å². The van der Waals surface area contributed by atoms with E-state index in [1.165, 1.54) is 5.56 Å². The van der Waals surface area contributed by atoms with Crippen LogP contribution in [0.3, 0.4) is 0 Å². The second-order valence-corrected chi connectivity index (χ2v) is 5.86. The number of Topliss-reactive ketones (excluding diaryl/α,β-unsaturated/α-hetero) is 1. The van der Waals surface area contributed by atoms with Gasteiger partial charge in [-0.25, -0.2) is 0 Å². The molecule has 1 aromatic rings. The number of rotatable bonds is 2. The first-order valence-corrected chi connectivity index (χ1v) is 6.02. The van der Waals surface area contributed by atoms with Gasteiger partial charge in [-0.15, -0.1) is 0 Å².